The number of carbonyl (C=O) groups is 1. The minimum Gasteiger partial charge on any atom is -0.507 e. The number of para-hydroxylation sites is 1. The second-order valence-corrected chi connectivity index (χ2v) is 3.76. The van der Waals surface area contributed by atoms with Crippen LogP contribution in [0.25, 0.3) is 11.1 Å². The summed E-state index contributed by atoms with van der Waals surface area (Å²) in [4.78, 5) is 14.9. The number of pyridine rings is 1. The van der Waals surface area contributed by atoms with E-state index in [1.807, 2.05) is 0 Å². The first-order chi connectivity index (χ1) is 8.09. The van der Waals surface area contributed by atoms with Gasteiger partial charge in [-0.05, 0) is 12.1 Å². The molecule has 2 rings (SSSR count). The smallest absolute Gasteiger partial charge is 0.336 e. The van der Waals surface area contributed by atoms with E-state index in [-0.39, 0.29) is 16.5 Å². The molecule has 0 aliphatic rings. The molecule has 0 fully saturated rings. The zero-order valence-corrected chi connectivity index (χ0v) is 9.35. The summed E-state index contributed by atoms with van der Waals surface area (Å²) in [6.45, 7) is 0. The Morgan fingerprint density at radius 3 is 2.59 bits per heavy atom. The molecule has 1 aromatic heterocycles. The molecule has 0 saturated heterocycles. The van der Waals surface area contributed by atoms with Crippen molar-refractivity contribution >= 4 is 17.6 Å². The summed E-state index contributed by atoms with van der Waals surface area (Å²) in [5.74, 6) is -1.12. The number of rotatable bonds is 2. The molecule has 0 saturated carbocycles. The number of halogens is 1. The molecule has 0 atom stereocenters. The van der Waals surface area contributed by atoms with Crippen molar-refractivity contribution in [3.8, 4) is 16.9 Å². The maximum absolute atomic E-state index is 11.1. The molecular formula is C12H8ClNO3. The highest BCUT2D eigenvalue weighted by atomic mass is 35.5. The highest BCUT2D eigenvalue weighted by Crippen LogP contribution is 2.31. The van der Waals surface area contributed by atoms with Gasteiger partial charge in [-0.2, -0.15) is 0 Å². The second-order valence-electron chi connectivity index (χ2n) is 3.37. The molecule has 5 heteroatoms. The Morgan fingerprint density at radius 2 is 1.94 bits per heavy atom. The lowest BCUT2D eigenvalue weighted by molar-refractivity contribution is 0.0697. The number of benzene rings is 1. The third kappa shape index (κ3) is 2.21. The summed E-state index contributed by atoms with van der Waals surface area (Å²) in [5, 5.41) is 18.9. The summed E-state index contributed by atoms with van der Waals surface area (Å²) in [7, 11) is 0. The molecule has 1 heterocycles. The van der Waals surface area contributed by atoms with Crippen LogP contribution in [0.4, 0.5) is 0 Å². The summed E-state index contributed by atoms with van der Waals surface area (Å²) < 4.78 is 0. The molecule has 2 N–H and O–H groups in total. The zero-order chi connectivity index (χ0) is 12.4. The van der Waals surface area contributed by atoms with Gasteiger partial charge in [-0.25, -0.2) is 9.78 Å². The van der Waals surface area contributed by atoms with Gasteiger partial charge < -0.3 is 10.2 Å². The molecular weight excluding hydrogens is 242 g/mol. The Bertz CT molecular complexity index is 584. The lowest BCUT2D eigenvalue weighted by Gasteiger charge is -2.07. The van der Waals surface area contributed by atoms with Crippen LogP contribution in [0.1, 0.15) is 10.4 Å². The quantitative estimate of drug-likeness (QED) is 0.803. The minimum atomic E-state index is -1.12. The number of aromatic hydroxyl groups is 1. The lowest BCUT2D eigenvalue weighted by Crippen LogP contribution is -2.00. The van der Waals surface area contributed by atoms with Crippen LogP contribution in [-0.4, -0.2) is 21.2 Å². The third-order valence-electron chi connectivity index (χ3n) is 2.30. The van der Waals surface area contributed by atoms with Crippen LogP contribution in [0.2, 0.25) is 5.15 Å². The summed E-state index contributed by atoms with van der Waals surface area (Å²) in [6, 6.07) is 7.71. The number of nitrogens with zero attached hydrogens (tertiary/aromatic N) is 1. The molecule has 0 aliphatic heterocycles. The molecule has 0 radical (unpaired) electrons. The van der Waals surface area contributed by atoms with Gasteiger partial charge >= 0.3 is 5.97 Å². The first-order valence-corrected chi connectivity index (χ1v) is 5.14. The third-order valence-corrected chi connectivity index (χ3v) is 2.50. The average molecular weight is 250 g/mol. The van der Waals surface area contributed by atoms with Gasteiger partial charge in [0.1, 0.15) is 10.9 Å². The van der Waals surface area contributed by atoms with Crippen molar-refractivity contribution in [3.05, 3.63) is 47.2 Å². The van der Waals surface area contributed by atoms with Crippen molar-refractivity contribution in [1.29, 1.82) is 0 Å². The molecule has 0 unspecified atom stereocenters. The van der Waals surface area contributed by atoms with Crippen LogP contribution in [0.3, 0.4) is 0 Å². The van der Waals surface area contributed by atoms with E-state index in [2.05, 4.69) is 4.98 Å². The van der Waals surface area contributed by atoms with Gasteiger partial charge in [0.15, 0.2) is 0 Å². The standard InChI is InChI=1S/C12H8ClNO3/c13-11-5-8(12(16)17)9(6-14-11)7-3-1-2-4-10(7)15/h1-6,15H,(H,16,17). The van der Waals surface area contributed by atoms with Crippen molar-refractivity contribution in [3.63, 3.8) is 0 Å². The fraction of sp³-hybridized carbons (Fsp3) is 0. The molecule has 2 aromatic rings. The van der Waals surface area contributed by atoms with Crippen molar-refractivity contribution in [2.45, 2.75) is 0 Å². The van der Waals surface area contributed by atoms with Crippen molar-refractivity contribution in [2.75, 3.05) is 0 Å². The van der Waals surface area contributed by atoms with Gasteiger partial charge in [-0.1, -0.05) is 29.8 Å². The van der Waals surface area contributed by atoms with Crippen LogP contribution >= 0.6 is 11.6 Å². The Labute approximate surface area is 102 Å². The van der Waals surface area contributed by atoms with E-state index in [0.717, 1.165) is 0 Å². The van der Waals surface area contributed by atoms with Crippen LogP contribution in [0, 0.1) is 0 Å². The van der Waals surface area contributed by atoms with Crippen LogP contribution in [0.5, 0.6) is 5.75 Å². The van der Waals surface area contributed by atoms with Crippen molar-refractivity contribution in [1.82, 2.24) is 4.98 Å². The van der Waals surface area contributed by atoms with E-state index < -0.39 is 5.97 Å². The van der Waals surface area contributed by atoms with Crippen molar-refractivity contribution < 1.29 is 15.0 Å². The fourth-order valence-corrected chi connectivity index (χ4v) is 1.68. The summed E-state index contributed by atoms with van der Waals surface area (Å²) in [6.07, 6.45) is 1.33. The molecule has 4 nitrogen and oxygen atoms in total. The fourth-order valence-electron chi connectivity index (χ4n) is 1.52. The average Bonchev–Trinajstić information content (AvgIpc) is 2.30. The molecule has 0 spiro atoms. The number of hydrogen-bond donors (Lipinski definition) is 2. The molecule has 0 amide bonds. The first-order valence-electron chi connectivity index (χ1n) is 4.77. The SMILES string of the molecule is O=C(O)c1cc(Cl)ncc1-c1ccccc1O. The van der Waals surface area contributed by atoms with Gasteiger partial charge in [0.2, 0.25) is 0 Å². The molecule has 17 heavy (non-hydrogen) atoms. The second kappa shape index (κ2) is 4.43. The van der Waals surface area contributed by atoms with Crippen LogP contribution in [-0.2, 0) is 0 Å². The Morgan fingerprint density at radius 1 is 1.24 bits per heavy atom. The number of aromatic carboxylic acids is 1. The van der Waals surface area contributed by atoms with Gasteiger partial charge in [0, 0.05) is 17.3 Å². The number of carboxylic acid groups (broad SMARTS) is 1. The normalized spacial score (nSPS) is 10.2. The van der Waals surface area contributed by atoms with E-state index in [1.165, 1.54) is 18.3 Å². The molecule has 86 valence electrons. The van der Waals surface area contributed by atoms with E-state index in [0.29, 0.717) is 11.1 Å². The van der Waals surface area contributed by atoms with Crippen LogP contribution in [0.15, 0.2) is 36.5 Å². The minimum absolute atomic E-state index is 0.000813. The largest absolute Gasteiger partial charge is 0.507 e. The topological polar surface area (TPSA) is 70.4 Å². The lowest BCUT2D eigenvalue weighted by atomic mass is 10.0. The van der Waals surface area contributed by atoms with Gasteiger partial charge in [0.05, 0.1) is 5.56 Å². The van der Waals surface area contributed by atoms with Gasteiger partial charge in [0.25, 0.3) is 0 Å². The van der Waals surface area contributed by atoms with Crippen molar-refractivity contribution in [2.24, 2.45) is 0 Å². The van der Waals surface area contributed by atoms with Crippen LogP contribution < -0.4 is 0 Å². The maximum Gasteiger partial charge on any atom is 0.336 e. The molecule has 1 aromatic carbocycles. The van der Waals surface area contributed by atoms with E-state index >= 15 is 0 Å². The maximum atomic E-state index is 11.1. The number of aromatic nitrogens is 1. The predicted octanol–water partition coefficient (Wildman–Crippen LogP) is 2.81. The van der Waals surface area contributed by atoms with E-state index in [4.69, 9.17) is 16.7 Å². The predicted molar refractivity (Wildman–Crippen MR) is 63.3 cm³/mol. The monoisotopic (exact) mass is 249 g/mol. The Kier molecular flexibility index (Phi) is 2.97. The van der Waals surface area contributed by atoms with E-state index in [1.54, 1.807) is 18.2 Å². The van der Waals surface area contributed by atoms with E-state index in [9.17, 15) is 9.90 Å². The first kappa shape index (κ1) is 11.4. The zero-order valence-electron chi connectivity index (χ0n) is 8.59. The Balaban J connectivity index is 2.68. The highest BCUT2D eigenvalue weighted by Gasteiger charge is 2.15. The number of phenols is 1. The van der Waals surface area contributed by atoms with Gasteiger partial charge in [-0.3, -0.25) is 0 Å². The van der Waals surface area contributed by atoms with Gasteiger partial charge in [-0.15, -0.1) is 0 Å². The molecule has 0 aliphatic carbocycles. The highest BCUT2D eigenvalue weighted by molar-refractivity contribution is 6.29. The Hall–Kier alpha value is -2.07. The number of carboxylic acids is 1. The molecule has 0 bridgehead atoms. The summed E-state index contributed by atoms with van der Waals surface area (Å²) >= 11 is 5.65. The number of phenolic OH excluding ortho intramolecular Hbond substituents is 1. The number of hydrogen-bond acceptors (Lipinski definition) is 3. The summed E-state index contributed by atoms with van der Waals surface area (Å²) in [5.41, 5.74) is 0.751.